The maximum Gasteiger partial charge on any atom is 0.224 e. The molecule has 1 N–H and O–H groups in total. The number of hydrogen-bond acceptors (Lipinski definition) is 3. The van der Waals surface area contributed by atoms with Crippen LogP contribution in [0.15, 0.2) is 36.4 Å². The van der Waals surface area contributed by atoms with Gasteiger partial charge in [0, 0.05) is 6.54 Å². The van der Waals surface area contributed by atoms with Gasteiger partial charge in [0.2, 0.25) is 5.91 Å². The van der Waals surface area contributed by atoms with Gasteiger partial charge in [-0.25, -0.2) is 0 Å². The predicted octanol–water partition coefficient (Wildman–Crippen LogP) is 4.34. The molecule has 3 rings (SSSR count). The van der Waals surface area contributed by atoms with Crippen LogP contribution in [0.5, 0.6) is 11.5 Å². The van der Waals surface area contributed by atoms with Gasteiger partial charge in [-0.1, -0.05) is 55.2 Å². The van der Waals surface area contributed by atoms with Crippen LogP contribution in [0.25, 0.3) is 11.3 Å². The van der Waals surface area contributed by atoms with Gasteiger partial charge in [0.1, 0.15) is 0 Å². The molecule has 148 valence electrons. The van der Waals surface area contributed by atoms with Gasteiger partial charge in [0.25, 0.3) is 0 Å². The number of methoxy groups -OCH3 is 2. The van der Waals surface area contributed by atoms with Crippen molar-refractivity contribution in [2.24, 2.45) is 0 Å². The third-order valence-corrected chi connectivity index (χ3v) is 7.16. The van der Waals surface area contributed by atoms with E-state index in [4.69, 9.17) is 9.47 Å². The van der Waals surface area contributed by atoms with E-state index in [1.807, 2.05) is 18.2 Å². The summed E-state index contributed by atoms with van der Waals surface area (Å²) in [5, 5.41) is 4.41. The molecule has 0 spiro atoms. The fourth-order valence-corrected chi connectivity index (χ4v) is 5.27. The molecule has 1 aliphatic rings. The summed E-state index contributed by atoms with van der Waals surface area (Å²) in [6.07, 6.45) is 3.43. The maximum atomic E-state index is 12.4. The second kappa shape index (κ2) is 8.23. The van der Waals surface area contributed by atoms with Gasteiger partial charge in [0.15, 0.2) is 11.5 Å². The van der Waals surface area contributed by atoms with Crippen molar-refractivity contribution in [3.05, 3.63) is 58.7 Å². The van der Waals surface area contributed by atoms with Crippen LogP contribution in [0.2, 0.25) is 19.6 Å². The SMILES string of the molecule is COc1cc2c(cc1OC)/C([Si](C)(C)C)=C/c1ccccc1CC(=O)NCC2. The summed E-state index contributed by atoms with van der Waals surface area (Å²) in [4.78, 5) is 12.4. The first-order valence-electron chi connectivity index (χ1n) is 9.65. The summed E-state index contributed by atoms with van der Waals surface area (Å²) < 4.78 is 11.1. The minimum Gasteiger partial charge on any atom is -0.493 e. The Balaban J connectivity index is 2.30. The van der Waals surface area contributed by atoms with Crippen molar-refractivity contribution in [1.29, 1.82) is 0 Å². The number of hydrogen-bond donors (Lipinski definition) is 1. The summed E-state index contributed by atoms with van der Waals surface area (Å²) >= 11 is 0. The normalized spacial score (nSPS) is 16.6. The third-order valence-electron chi connectivity index (χ3n) is 5.13. The first-order chi connectivity index (χ1) is 13.3. The Bertz CT molecular complexity index is 913. The molecule has 0 radical (unpaired) electrons. The highest BCUT2D eigenvalue weighted by atomic mass is 28.3. The molecule has 0 unspecified atom stereocenters. The largest absolute Gasteiger partial charge is 0.493 e. The maximum absolute atomic E-state index is 12.4. The fourth-order valence-electron chi connectivity index (χ4n) is 3.64. The molecule has 0 atom stereocenters. The zero-order chi connectivity index (χ0) is 20.3. The number of rotatable bonds is 3. The van der Waals surface area contributed by atoms with Crippen LogP contribution in [0.1, 0.15) is 22.3 Å². The molecule has 2 aromatic rings. The molecular formula is C23H29NO3Si. The molecule has 0 fully saturated rings. The molecule has 1 heterocycles. The summed E-state index contributed by atoms with van der Waals surface area (Å²) in [6, 6.07) is 12.3. The predicted molar refractivity (Wildman–Crippen MR) is 118 cm³/mol. The highest BCUT2D eigenvalue weighted by Gasteiger charge is 2.26. The van der Waals surface area contributed by atoms with Crippen molar-refractivity contribution in [1.82, 2.24) is 5.32 Å². The molecule has 0 saturated heterocycles. The second-order valence-electron chi connectivity index (χ2n) is 8.15. The van der Waals surface area contributed by atoms with E-state index < -0.39 is 8.07 Å². The molecule has 0 saturated carbocycles. The minimum absolute atomic E-state index is 0.0549. The van der Waals surface area contributed by atoms with Crippen LogP contribution in [0, 0.1) is 0 Å². The van der Waals surface area contributed by atoms with Crippen molar-refractivity contribution < 1.29 is 14.3 Å². The molecule has 4 nitrogen and oxygen atoms in total. The number of nitrogens with one attached hydrogen (secondary N) is 1. The Morgan fingerprint density at radius 2 is 1.64 bits per heavy atom. The molecule has 1 amide bonds. The standard InChI is InChI=1S/C23H29NO3Si/c1-26-20-12-18-10-11-24-23(25)14-17-9-7-6-8-16(17)13-22(28(3,4)5)19(18)15-21(20)27-2/h6-9,12-13,15H,10-11,14H2,1-5H3,(H,24,25)/b22-13-. The molecule has 0 bridgehead atoms. The monoisotopic (exact) mass is 395 g/mol. The topological polar surface area (TPSA) is 47.6 Å². The van der Waals surface area contributed by atoms with Crippen LogP contribution in [-0.2, 0) is 17.6 Å². The number of amides is 1. The third kappa shape index (κ3) is 4.30. The average molecular weight is 396 g/mol. The highest BCUT2D eigenvalue weighted by Crippen LogP contribution is 2.38. The van der Waals surface area contributed by atoms with E-state index >= 15 is 0 Å². The molecular weight excluding hydrogens is 366 g/mol. The van der Waals surface area contributed by atoms with E-state index in [1.165, 1.54) is 16.3 Å². The number of ether oxygens (including phenoxy) is 2. The Kier molecular flexibility index (Phi) is 5.94. The first-order valence-corrected chi connectivity index (χ1v) is 13.2. The fraction of sp³-hybridized carbons (Fsp3) is 0.348. The quantitative estimate of drug-likeness (QED) is 0.787. The van der Waals surface area contributed by atoms with E-state index in [1.54, 1.807) is 14.2 Å². The van der Waals surface area contributed by atoms with Gasteiger partial charge in [-0.2, -0.15) is 0 Å². The lowest BCUT2D eigenvalue weighted by Gasteiger charge is -2.25. The Labute approximate surface area is 168 Å². The van der Waals surface area contributed by atoms with Gasteiger partial charge >= 0.3 is 0 Å². The molecule has 1 aliphatic heterocycles. The number of carbonyl (C=O) groups excluding carboxylic acids is 1. The van der Waals surface area contributed by atoms with Crippen molar-refractivity contribution >= 4 is 25.3 Å². The van der Waals surface area contributed by atoms with Crippen molar-refractivity contribution in [3.63, 3.8) is 0 Å². The lowest BCUT2D eigenvalue weighted by atomic mass is 10.00. The summed E-state index contributed by atoms with van der Waals surface area (Å²) in [6.45, 7) is 7.66. The Morgan fingerprint density at radius 1 is 0.964 bits per heavy atom. The smallest absolute Gasteiger partial charge is 0.224 e. The van der Waals surface area contributed by atoms with Gasteiger partial charge in [-0.15, -0.1) is 0 Å². The van der Waals surface area contributed by atoms with Gasteiger partial charge < -0.3 is 14.8 Å². The molecule has 28 heavy (non-hydrogen) atoms. The van der Waals surface area contributed by atoms with E-state index in [0.29, 0.717) is 13.0 Å². The zero-order valence-corrected chi connectivity index (χ0v) is 18.4. The van der Waals surface area contributed by atoms with E-state index in [-0.39, 0.29) is 5.91 Å². The average Bonchev–Trinajstić information content (AvgIpc) is 2.68. The van der Waals surface area contributed by atoms with Gasteiger partial charge in [0.05, 0.1) is 28.7 Å². The van der Waals surface area contributed by atoms with E-state index in [0.717, 1.165) is 29.0 Å². The van der Waals surface area contributed by atoms with Crippen LogP contribution < -0.4 is 14.8 Å². The summed E-state index contributed by atoms with van der Waals surface area (Å²) in [5.74, 6) is 1.51. The van der Waals surface area contributed by atoms with Crippen LogP contribution >= 0.6 is 0 Å². The number of benzene rings is 2. The van der Waals surface area contributed by atoms with Crippen molar-refractivity contribution in [2.45, 2.75) is 32.5 Å². The van der Waals surface area contributed by atoms with E-state index in [9.17, 15) is 4.79 Å². The van der Waals surface area contributed by atoms with Crippen molar-refractivity contribution in [2.75, 3.05) is 20.8 Å². The van der Waals surface area contributed by atoms with Crippen LogP contribution in [-0.4, -0.2) is 34.7 Å². The zero-order valence-electron chi connectivity index (χ0n) is 17.4. The highest BCUT2D eigenvalue weighted by molar-refractivity contribution is 6.94. The van der Waals surface area contributed by atoms with Crippen LogP contribution in [0.3, 0.4) is 0 Å². The Hall–Kier alpha value is -2.53. The number of fused-ring (bicyclic) bond motifs is 2. The molecule has 5 heteroatoms. The minimum atomic E-state index is -1.71. The molecule has 0 aliphatic carbocycles. The van der Waals surface area contributed by atoms with Gasteiger partial charge in [-0.05, 0) is 40.8 Å². The summed E-state index contributed by atoms with van der Waals surface area (Å²) in [5.41, 5.74) is 4.53. The Morgan fingerprint density at radius 3 is 2.32 bits per heavy atom. The number of carbonyl (C=O) groups is 1. The molecule has 0 aromatic heterocycles. The molecule has 2 aromatic carbocycles. The van der Waals surface area contributed by atoms with Gasteiger partial charge in [-0.3, -0.25) is 4.79 Å². The lowest BCUT2D eigenvalue weighted by Crippen LogP contribution is -2.27. The first kappa shape index (κ1) is 20.2. The summed E-state index contributed by atoms with van der Waals surface area (Å²) in [7, 11) is 1.62. The lowest BCUT2D eigenvalue weighted by molar-refractivity contribution is -0.120. The van der Waals surface area contributed by atoms with Crippen molar-refractivity contribution in [3.8, 4) is 11.5 Å². The van der Waals surface area contributed by atoms with E-state index in [2.05, 4.69) is 49.2 Å². The van der Waals surface area contributed by atoms with Crippen LogP contribution in [0.4, 0.5) is 0 Å². The second-order valence-corrected chi connectivity index (χ2v) is 13.2.